The molecule has 0 saturated carbocycles. The predicted octanol–water partition coefficient (Wildman–Crippen LogP) is 2.74. The number of aryl methyl sites for hydroxylation is 1. The van der Waals surface area contributed by atoms with E-state index in [4.69, 9.17) is 4.74 Å². The molecule has 6 heteroatoms. The molecular weight excluding hydrogens is 316 g/mol. The summed E-state index contributed by atoms with van der Waals surface area (Å²) in [7, 11) is 3.47. The minimum Gasteiger partial charge on any atom is -0.496 e. The normalized spacial score (nSPS) is 16.8. The number of aromatic nitrogens is 2. The fourth-order valence-corrected chi connectivity index (χ4v) is 3.38. The Morgan fingerprint density at radius 1 is 1.36 bits per heavy atom. The van der Waals surface area contributed by atoms with Crippen molar-refractivity contribution in [2.45, 2.75) is 32.2 Å². The standard InChI is InChI=1S/C19H24N4O2/c1-13-21-15(12-18(20-2)22-13)16-8-6-10-23(16)19(24)11-14-7-4-5-9-17(14)25-3/h4-5,7,9,12,16H,6,8,10-11H2,1-3H3,(H,20,21,22)/t16-/m1/s1. The van der Waals surface area contributed by atoms with Crippen molar-refractivity contribution < 1.29 is 9.53 Å². The Kier molecular flexibility index (Phi) is 5.16. The van der Waals surface area contributed by atoms with E-state index in [-0.39, 0.29) is 11.9 Å². The molecular formula is C19H24N4O2. The van der Waals surface area contributed by atoms with Gasteiger partial charge < -0.3 is 15.0 Å². The van der Waals surface area contributed by atoms with Gasteiger partial charge in [-0.05, 0) is 25.8 Å². The van der Waals surface area contributed by atoms with Crippen LogP contribution in [0.1, 0.15) is 36.0 Å². The van der Waals surface area contributed by atoms with Gasteiger partial charge >= 0.3 is 0 Å². The lowest BCUT2D eigenvalue weighted by atomic mass is 10.1. The van der Waals surface area contributed by atoms with E-state index in [0.29, 0.717) is 12.2 Å². The molecule has 25 heavy (non-hydrogen) atoms. The molecule has 2 heterocycles. The van der Waals surface area contributed by atoms with Gasteiger partial charge in [0.2, 0.25) is 5.91 Å². The van der Waals surface area contributed by atoms with Gasteiger partial charge in [0.25, 0.3) is 0 Å². The van der Waals surface area contributed by atoms with E-state index in [2.05, 4.69) is 15.3 Å². The highest BCUT2D eigenvalue weighted by Crippen LogP contribution is 2.32. The third kappa shape index (κ3) is 3.73. The number of nitrogens with zero attached hydrogens (tertiary/aromatic N) is 3. The molecule has 0 spiro atoms. The minimum atomic E-state index is 0.0102. The van der Waals surface area contributed by atoms with Crippen LogP contribution in [0.15, 0.2) is 30.3 Å². The summed E-state index contributed by atoms with van der Waals surface area (Å²) in [6.45, 7) is 2.64. The molecule has 132 valence electrons. The number of nitrogens with one attached hydrogen (secondary N) is 1. The maximum Gasteiger partial charge on any atom is 0.227 e. The Hall–Kier alpha value is -2.63. The molecule has 0 radical (unpaired) electrons. The number of anilines is 1. The Morgan fingerprint density at radius 2 is 2.16 bits per heavy atom. The van der Waals surface area contributed by atoms with Crippen LogP contribution in [0.4, 0.5) is 5.82 Å². The largest absolute Gasteiger partial charge is 0.496 e. The second-order valence-electron chi connectivity index (χ2n) is 6.21. The Bertz CT molecular complexity index is 763. The van der Waals surface area contributed by atoms with Gasteiger partial charge in [-0.2, -0.15) is 0 Å². The van der Waals surface area contributed by atoms with Crippen molar-refractivity contribution in [3.8, 4) is 5.75 Å². The lowest BCUT2D eigenvalue weighted by Gasteiger charge is -2.25. The molecule has 1 saturated heterocycles. The molecule has 1 fully saturated rings. The van der Waals surface area contributed by atoms with Crippen molar-refractivity contribution in [3.63, 3.8) is 0 Å². The van der Waals surface area contributed by atoms with Crippen molar-refractivity contribution >= 4 is 11.7 Å². The summed E-state index contributed by atoms with van der Waals surface area (Å²) in [5.74, 6) is 2.36. The number of rotatable bonds is 5. The van der Waals surface area contributed by atoms with Crippen molar-refractivity contribution in [1.82, 2.24) is 14.9 Å². The average molecular weight is 340 g/mol. The zero-order chi connectivity index (χ0) is 17.8. The van der Waals surface area contributed by atoms with E-state index in [0.717, 1.165) is 42.2 Å². The summed E-state index contributed by atoms with van der Waals surface area (Å²) < 4.78 is 5.37. The zero-order valence-electron chi connectivity index (χ0n) is 15.0. The van der Waals surface area contributed by atoms with Gasteiger partial charge in [-0.1, -0.05) is 18.2 Å². The number of amides is 1. The van der Waals surface area contributed by atoms with Crippen LogP contribution in [-0.2, 0) is 11.2 Å². The van der Waals surface area contributed by atoms with Gasteiger partial charge in [-0.15, -0.1) is 0 Å². The molecule has 1 N–H and O–H groups in total. The second kappa shape index (κ2) is 7.51. The summed E-state index contributed by atoms with van der Waals surface area (Å²) in [6, 6.07) is 9.61. The van der Waals surface area contributed by atoms with Gasteiger partial charge in [0, 0.05) is 25.2 Å². The molecule has 6 nitrogen and oxygen atoms in total. The van der Waals surface area contributed by atoms with Crippen LogP contribution in [0.5, 0.6) is 5.75 Å². The van der Waals surface area contributed by atoms with Crippen LogP contribution >= 0.6 is 0 Å². The van der Waals surface area contributed by atoms with Gasteiger partial charge in [-0.3, -0.25) is 4.79 Å². The van der Waals surface area contributed by atoms with Gasteiger partial charge in [-0.25, -0.2) is 9.97 Å². The van der Waals surface area contributed by atoms with Gasteiger partial charge in [0.15, 0.2) is 0 Å². The molecule has 1 atom stereocenters. The number of methoxy groups -OCH3 is 1. The number of hydrogen-bond donors (Lipinski definition) is 1. The van der Waals surface area contributed by atoms with E-state index in [1.54, 1.807) is 7.11 Å². The van der Waals surface area contributed by atoms with Crippen molar-refractivity contribution in [1.29, 1.82) is 0 Å². The first-order valence-corrected chi connectivity index (χ1v) is 8.57. The zero-order valence-corrected chi connectivity index (χ0v) is 15.0. The van der Waals surface area contributed by atoms with Crippen LogP contribution in [0.2, 0.25) is 0 Å². The van der Waals surface area contributed by atoms with Gasteiger partial charge in [0.1, 0.15) is 17.4 Å². The third-order valence-electron chi connectivity index (χ3n) is 4.56. The first-order valence-electron chi connectivity index (χ1n) is 8.57. The summed E-state index contributed by atoms with van der Waals surface area (Å²) in [5, 5.41) is 3.06. The maximum absolute atomic E-state index is 12.9. The fraction of sp³-hybridized carbons (Fsp3) is 0.421. The first-order chi connectivity index (χ1) is 12.1. The Balaban J connectivity index is 1.81. The number of carbonyl (C=O) groups is 1. The van der Waals surface area contributed by atoms with Crippen molar-refractivity contribution in [2.75, 3.05) is 26.0 Å². The molecule has 3 rings (SSSR count). The molecule has 0 aliphatic carbocycles. The number of benzene rings is 1. The van der Waals surface area contributed by atoms with Crippen molar-refractivity contribution in [2.24, 2.45) is 0 Å². The number of likely N-dealkylation sites (tertiary alicyclic amines) is 1. The highest BCUT2D eigenvalue weighted by atomic mass is 16.5. The van der Waals surface area contributed by atoms with Crippen LogP contribution in [-0.4, -0.2) is 41.5 Å². The van der Waals surface area contributed by atoms with E-state index < -0.39 is 0 Å². The lowest BCUT2D eigenvalue weighted by Crippen LogP contribution is -2.32. The summed E-state index contributed by atoms with van der Waals surface area (Å²) >= 11 is 0. The number of carbonyl (C=O) groups excluding carboxylic acids is 1. The summed E-state index contributed by atoms with van der Waals surface area (Å²) in [6.07, 6.45) is 2.25. The van der Waals surface area contributed by atoms with Crippen LogP contribution in [0, 0.1) is 6.92 Å². The molecule has 1 aromatic heterocycles. The topological polar surface area (TPSA) is 67.4 Å². The lowest BCUT2D eigenvalue weighted by molar-refractivity contribution is -0.131. The second-order valence-corrected chi connectivity index (χ2v) is 6.21. The summed E-state index contributed by atoms with van der Waals surface area (Å²) in [5.41, 5.74) is 1.82. The molecule has 1 aliphatic heterocycles. The molecule has 0 unspecified atom stereocenters. The summed E-state index contributed by atoms with van der Waals surface area (Å²) in [4.78, 5) is 23.8. The Labute approximate surface area is 148 Å². The third-order valence-corrected chi connectivity index (χ3v) is 4.56. The highest BCUT2D eigenvalue weighted by molar-refractivity contribution is 5.80. The smallest absolute Gasteiger partial charge is 0.227 e. The van der Waals surface area contributed by atoms with E-state index >= 15 is 0 Å². The number of para-hydroxylation sites is 1. The fourth-order valence-electron chi connectivity index (χ4n) is 3.38. The quantitative estimate of drug-likeness (QED) is 0.906. The monoisotopic (exact) mass is 340 g/mol. The maximum atomic E-state index is 12.9. The average Bonchev–Trinajstić information content (AvgIpc) is 3.11. The minimum absolute atomic E-state index is 0.0102. The number of ether oxygens (including phenoxy) is 1. The molecule has 2 aromatic rings. The van der Waals surface area contributed by atoms with Crippen LogP contribution in [0.3, 0.4) is 0 Å². The van der Waals surface area contributed by atoms with Crippen LogP contribution in [0.25, 0.3) is 0 Å². The van der Waals surface area contributed by atoms with E-state index in [1.807, 2.05) is 49.2 Å². The Morgan fingerprint density at radius 3 is 2.92 bits per heavy atom. The van der Waals surface area contributed by atoms with Crippen LogP contribution < -0.4 is 10.1 Å². The van der Waals surface area contributed by atoms with Crippen molar-refractivity contribution in [3.05, 3.63) is 47.4 Å². The molecule has 1 aliphatic rings. The molecule has 1 amide bonds. The van der Waals surface area contributed by atoms with Gasteiger partial charge in [0.05, 0.1) is 25.3 Å². The van der Waals surface area contributed by atoms with E-state index in [1.165, 1.54) is 0 Å². The highest BCUT2D eigenvalue weighted by Gasteiger charge is 2.31. The molecule has 0 bridgehead atoms. The number of hydrogen-bond acceptors (Lipinski definition) is 5. The predicted molar refractivity (Wildman–Crippen MR) is 96.7 cm³/mol. The van der Waals surface area contributed by atoms with E-state index in [9.17, 15) is 4.79 Å². The first kappa shape index (κ1) is 17.2. The SMILES string of the molecule is CNc1cc([C@H]2CCCN2C(=O)Cc2ccccc2OC)nc(C)n1. The molecule has 1 aromatic carbocycles.